The van der Waals surface area contributed by atoms with Crippen molar-refractivity contribution in [1.82, 2.24) is 9.29 Å². The fraction of sp³-hybridized carbons (Fsp3) is 0.214. The van der Waals surface area contributed by atoms with Crippen molar-refractivity contribution >= 4 is 15.7 Å². The highest BCUT2D eigenvalue weighted by Crippen LogP contribution is 2.21. The van der Waals surface area contributed by atoms with Crippen LogP contribution in [0.15, 0.2) is 53.7 Å². The monoisotopic (exact) mass is 321 g/mol. The maximum atomic E-state index is 12.6. The van der Waals surface area contributed by atoms with Crippen LogP contribution in [-0.4, -0.2) is 29.2 Å². The van der Waals surface area contributed by atoms with Crippen molar-refractivity contribution in [3.63, 3.8) is 0 Å². The predicted octanol–water partition coefficient (Wildman–Crippen LogP) is 2.20. The Balaban J connectivity index is 2.28. The predicted molar refractivity (Wildman–Crippen MR) is 80.6 cm³/mol. The first-order valence-electron chi connectivity index (χ1n) is 6.58. The van der Waals surface area contributed by atoms with Gasteiger partial charge in [-0.1, -0.05) is 6.92 Å². The van der Waals surface area contributed by atoms with Crippen molar-refractivity contribution in [2.24, 2.45) is 0 Å². The second kappa shape index (κ2) is 6.63. The smallest absolute Gasteiger partial charge is 0.265 e. The highest BCUT2D eigenvalue weighted by molar-refractivity contribution is 7.89. The molecule has 22 heavy (non-hydrogen) atoms. The zero-order chi connectivity index (χ0) is 16.2. The Hall–Kier alpha value is -2.32. The maximum Gasteiger partial charge on any atom is 0.269 e. The average molecular weight is 321 g/mol. The summed E-state index contributed by atoms with van der Waals surface area (Å²) in [7, 11) is -3.70. The molecule has 8 heteroatoms. The summed E-state index contributed by atoms with van der Waals surface area (Å²) >= 11 is 0. The first kappa shape index (κ1) is 16.1. The molecule has 0 aliphatic heterocycles. The van der Waals surface area contributed by atoms with Crippen LogP contribution in [0.1, 0.15) is 12.5 Å². The van der Waals surface area contributed by atoms with Crippen molar-refractivity contribution in [2.45, 2.75) is 18.4 Å². The number of pyridine rings is 1. The van der Waals surface area contributed by atoms with Gasteiger partial charge in [0.05, 0.1) is 9.82 Å². The number of benzene rings is 1. The third kappa shape index (κ3) is 3.46. The molecule has 1 heterocycles. The number of nitro benzene ring substituents is 1. The number of nitro groups is 1. The van der Waals surface area contributed by atoms with E-state index in [0.29, 0.717) is 6.54 Å². The number of aromatic nitrogens is 1. The second-order valence-corrected chi connectivity index (χ2v) is 6.48. The van der Waals surface area contributed by atoms with Crippen LogP contribution in [0.5, 0.6) is 0 Å². The molecule has 0 unspecified atom stereocenters. The van der Waals surface area contributed by atoms with Crippen molar-refractivity contribution in [3.8, 4) is 0 Å². The summed E-state index contributed by atoms with van der Waals surface area (Å²) in [6.45, 7) is 2.25. The van der Waals surface area contributed by atoms with E-state index < -0.39 is 14.9 Å². The van der Waals surface area contributed by atoms with E-state index in [1.165, 1.54) is 28.6 Å². The quantitative estimate of drug-likeness (QED) is 0.600. The molecule has 1 aromatic carbocycles. The number of rotatable bonds is 6. The van der Waals surface area contributed by atoms with Crippen LogP contribution in [0.4, 0.5) is 5.69 Å². The zero-order valence-electron chi connectivity index (χ0n) is 11.9. The van der Waals surface area contributed by atoms with E-state index in [4.69, 9.17) is 0 Å². The van der Waals surface area contributed by atoms with Gasteiger partial charge in [-0.25, -0.2) is 8.42 Å². The van der Waals surface area contributed by atoms with E-state index in [1.54, 1.807) is 31.5 Å². The van der Waals surface area contributed by atoms with Crippen LogP contribution in [-0.2, 0) is 16.6 Å². The molecule has 0 aliphatic rings. The molecule has 0 bridgehead atoms. The van der Waals surface area contributed by atoms with Crippen LogP contribution in [0, 0.1) is 10.1 Å². The number of sulfonamides is 1. The minimum atomic E-state index is -3.70. The van der Waals surface area contributed by atoms with Crippen LogP contribution in [0.3, 0.4) is 0 Å². The van der Waals surface area contributed by atoms with Gasteiger partial charge in [-0.15, -0.1) is 0 Å². The van der Waals surface area contributed by atoms with E-state index in [0.717, 1.165) is 5.56 Å². The number of non-ortho nitro benzene ring substituents is 1. The largest absolute Gasteiger partial charge is 0.269 e. The van der Waals surface area contributed by atoms with E-state index >= 15 is 0 Å². The number of hydrogen-bond acceptors (Lipinski definition) is 5. The summed E-state index contributed by atoms with van der Waals surface area (Å²) in [4.78, 5) is 14.0. The lowest BCUT2D eigenvalue weighted by atomic mass is 10.3. The lowest BCUT2D eigenvalue weighted by Gasteiger charge is -2.20. The van der Waals surface area contributed by atoms with Gasteiger partial charge in [0, 0.05) is 37.6 Å². The fourth-order valence-electron chi connectivity index (χ4n) is 1.95. The second-order valence-electron chi connectivity index (χ2n) is 4.54. The van der Waals surface area contributed by atoms with Gasteiger partial charge >= 0.3 is 0 Å². The molecule has 0 atom stereocenters. The van der Waals surface area contributed by atoms with E-state index in [-0.39, 0.29) is 17.1 Å². The van der Waals surface area contributed by atoms with Crippen molar-refractivity contribution in [2.75, 3.05) is 6.54 Å². The molecule has 7 nitrogen and oxygen atoms in total. The molecular formula is C14H15N3O4S. The molecule has 0 saturated heterocycles. The van der Waals surface area contributed by atoms with Crippen LogP contribution in [0.25, 0.3) is 0 Å². The average Bonchev–Trinajstić information content (AvgIpc) is 2.53. The SMILES string of the molecule is CCN(Cc1ccncc1)S(=O)(=O)c1ccc([N+](=O)[O-])cc1. The van der Waals surface area contributed by atoms with E-state index in [2.05, 4.69) is 4.98 Å². The molecule has 2 rings (SSSR count). The Labute approximate surface area is 128 Å². The topological polar surface area (TPSA) is 93.4 Å². The zero-order valence-corrected chi connectivity index (χ0v) is 12.7. The Kier molecular flexibility index (Phi) is 4.84. The molecule has 0 saturated carbocycles. The Morgan fingerprint density at radius 3 is 2.23 bits per heavy atom. The molecule has 0 N–H and O–H groups in total. The summed E-state index contributed by atoms with van der Waals surface area (Å²) < 4.78 is 26.5. The Morgan fingerprint density at radius 2 is 1.73 bits per heavy atom. The molecule has 0 spiro atoms. The number of hydrogen-bond donors (Lipinski definition) is 0. The first-order chi connectivity index (χ1) is 10.4. The van der Waals surface area contributed by atoms with Crippen LogP contribution >= 0.6 is 0 Å². The molecular weight excluding hydrogens is 306 g/mol. The molecule has 0 fully saturated rings. The van der Waals surface area contributed by atoms with Gasteiger partial charge in [-0.2, -0.15) is 4.31 Å². The molecule has 0 aliphatic carbocycles. The highest BCUT2D eigenvalue weighted by atomic mass is 32.2. The van der Waals surface area contributed by atoms with Gasteiger partial charge in [0.15, 0.2) is 0 Å². The van der Waals surface area contributed by atoms with Gasteiger partial charge < -0.3 is 0 Å². The standard InChI is InChI=1S/C14H15N3O4S/c1-2-16(11-12-7-9-15-10-8-12)22(20,21)14-5-3-13(4-6-14)17(18)19/h3-10H,2,11H2,1H3. The van der Waals surface area contributed by atoms with Crippen molar-refractivity contribution in [1.29, 1.82) is 0 Å². The lowest BCUT2D eigenvalue weighted by molar-refractivity contribution is -0.384. The third-order valence-corrected chi connectivity index (χ3v) is 5.08. The summed E-state index contributed by atoms with van der Waals surface area (Å²) in [6, 6.07) is 8.37. The third-order valence-electron chi connectivity index (χ3n) is 3.15. The van der Waals surface area contributed by atoms with Crippen LogP contribution < -0.4 is 0 Å². The fourth-order valence-corrected chi connectivity index (χ4v) is 3.38. The van der Waals surface area contributed by atoms with Gasteiger partial charge in [-0.3, -0.25) is 15.1 Å². The summed E-state index contributed by atoms with van der Waals surface area (Å²) in [6.07, 6.45) is 3.20. The summed E-state index contributed by atoms with van der Waals surface area (Å²) in [5, 5.41) is 10.6. The molecule has 2 aromatic rings. The van der Waals surface area contributed by atoms with Gasteiger partial charge in [0.2, 0.25) is 10.0 Å². The molecule has 1 aromatic heterocycles. The minimum Gasteiger partial charge on any atom is -0.265 e. The van der Waals surface area contributed by atoms with Crippen molar-refractivity contribution in [3.05, 3.63) is 64.5 Å². The normalized spacial score (nSPS) is 11.5. The summed E-state index contributed by atoms with van der Waals surface area (Å²) in [5.74, 6) is 0. The van der Waals surface area contributed by atoms with E-state index in [1.807, 2.05) is 0 Å². The van der Waals surface area contributed by atoms with Gasteiger partial charge in [0.1, 0.15) is 0 Å². The maximum absolute atomic E-state index is 12.6. The Morgan fingerprint density at radius 1 is 1.14 bits per heavy atom. The van der Waals surface area contributed by atoms with Crippen LogP contribution in [0.2, 0.25) is 0 Å². The van der Waals surface area contributed by atoms with E-state index in [9.17, 15) is 18.5 Å². The number of nitrogens with zero attached hydrogens (tertiary/aromatic N) is 3. The molecule has 0 amide bonds. The van der Waals surface area contributed by atoms with Gasteiger partial charge in [-0.05, 0) is 29.8 Å². The summed E-state index contributed by atoms with van der Waals surface area (Å²) in [5.41, 5.74) is 0.679. The Bertz CT molecular complexity index is 745. The minimum absolute atomic E-state index is 0.0361. The van der Waals surface area contributed by atoms with Gasteiger partial charge in [0.25, 0.3) is 5.69 Å². The van der Waals surface area contributed by atoms with Crippen molar-refractivity contribution < 1.29 is 13.3 Å². The molecule has 116 valence electrons. The lowest BCUT2D eigenvalue weighted by Crippen LogP contribution is -2.30. The highest BCUT2D eigenvalue weighted by Gasteiger charge is 2.23. The first-order valence-corrected chi connectivity index (χ1v) is 8.02. The molecule has 0 radical (unpaired) electrons.